The number of nitrogens with zero attached hydrogens (tertiary/aromatic N) is 3. The van der Waals surface area contributed by atoms with Gasteiger partial charge in [-0.15, -0.1) is 10.2 Å². The van der Waals surface area contributed by atoms with Crippen LogP contribution < -0.4 is 0 Å². The summed E-state index contributed by atoms with van der Waals surface area (Å²) in [6.07, 6.45) is 3.91. The monoisotopic (exact) mass is 293 g/mol. The summed E-state index contributed by atoms with van der Waals surface area (Å²) in [6, 6.07) is 10.1. The van der Waals surface area contributed by atoms with E-state index in [1.54, 1.807) is 0 Å². The maximum absolute atomic E-state index is 6.19. The average molecular weight is 294 g/mol. The van der Waals surface area contributed by atoms with Crippen LogP contribution in [0.3, 0.4) is 0 Å². The molecule has 0 radical (unpaired) electrons. The molecule has 0 saturated carbocycles. The smallest absolute Gasteiger partial charge is 0.225 e. The van der Waals surface area contributed by atoms with Gasteiger partial charge >= 0.3 is 0 Å². The Balaban J connectivity index is 1.86. The molecule has 1 aliphatic rings. The Morgan fingerprint density at radius 2 is 2.05 bits per heavy atom. The van der Waals surface area contributed by atoms with E-state index in [0.717, 1.165) is 17.9 Å². The number of aromatic nitrogens is 3. The molecule has 1 saturated heterocycles. The number of benzene rings is 1. The molecule has 100 valence electrons. The molecule has 3 nitrogen and oxygen atoms in total. The normalized spacial score (nSPS) is 19.5. The van der Waals surface area contributed by atoms with Crippen LogP contribution in [0.25, 0.3) is 11.4 Å². The summed E-state index contributed by atoms with van der Waals surface area (Å²) in [5.74, 6) is 2.13. The van der Waals surface area contributed by atoms with Gasteiger partial charge in [-0.2, -0.15) is 11.8 Å². The second-order valence-corrected chi connectivity index (χ2v) is 6.50. The summed E-state index contributed by atoms with van der Waals surface area (Å²) in [6.45, 7) is 0.903. The standard InChI is InChI=1S/C14H16ClN3S/c15-14-17-16-13(11-6-2-1-3-7-11)18(14)10-12-8-4-5-9-19-12/h1-3,6-7,12H,4-5,8-10H2. The molecule has 0 spiro atoms. The highest BCUT2D eigenvalue weighted by atomic mass is 35.5. The molecular weight excluding hydrogens is 278 g/mol. The zero-order valence-electron chi connectivity index (χ0n) is 10.6. The molecule has 0 aliphatic carbocycles. The maximum Gasteiger partial charge on any atom is 0.225 e. The first-order valence-electron chi connectivity index (χ1n) is 6.60. The lowest BCUT2D eigenvalue weighted by Crippen LogP contribution is -2.17. The van der Waals surface area contributed by atoms with Crippen molar-refractivity contribution >= 4 is 23.4 Å². The number of thioether (sulfide) groups is 1. The van der Waals surface area contributed by atoms with E-state index < -0.39 is 0 Å². The summed E-state index contributed by atoms with van der Waals surface area (Å²) < 4.78 is 2.04. The quantitative estimate of drug-likeness (QED) is 0.860. The molecule has 19 heavy (non-hydrogen) atoms. The lowest BCUT2D eigenvalue weighted by atomic mass is 10.2. The van der Waals surface area contributed by atoms with Crippen molar-refractivity contribution in [2.45, 2.75) is 31.1 Å². The highest BCUT2D eigenvalue weighted by Crippen LogP contribution is 2.29. The van der Waals surface area contributed by atoms with Crippen molar-refractivity contribution in [2.24, 2.45) is 0 Å². The predicted molar refractivity (Wildman–Crippen MR) is 80.6 cm³/mol. The van der Waals surface area contributed by atoms with Crippen LogP contribution in [-0.4, -0.2) is 25.8 Å². The van der Waals surface area contributed by atoms with Gasteiger partial charge in [0.2, 0.25) is 5.28 Å². The molecule has 2 heterocycles. The second-order valence-electron chi connectivity index (χ2n) is 4.76. The Labute approximate surface area is 122 Å². The van der Waals surface area contributed by atoms with Gasteiger partial charge in [0.15, 0.2) is 5.82 Å². The first-order valence-corrected chi connectivity index (χ1v) is 8.03. The zero-order valence-corrected chi connectivity index (χ0v) is 12.2. The van der Waals surface area contributed by atoms with Crippen LogP contribution in [-0.2, 0) is 6.54 Å². The van der Waals surface area contributed by atoms with E-state index in [0.29, 0.717) is 10.5 Å². The van der Waals surface area contributed by atoms with E-state index in [1.807, 2.05) is 46.7 Å². The van der Waals surface area contributed by atoms with Crippen LogP contribution in [0, 0.1) is 0 Å². The van der Waals surface area contributed by atoms with Crippen LogP contribution in [0.4, 0.5) is 0 Å². The van der Waals surface area contributed by atoms with Gasteiger partial charge < -0.3 is 0 Å². The minimum Gasteiger partial charge on any atom is -0.297 e. The lowest BCUT2D eigenvalue weighted by Gasteiger charge is -2.22. The van der Waals surface area contributed by atoms with Gasteiger partial charge in [0.1, 0.15) is 0 Å². The van der Waals surface area contributed by atoms with Crippen LogP contribution in [0.2, 0.25) is 5.28 Å². The molecule has 0 bridgehead atoms. The van der Waals surface area contributed by atoms with Crippen molar-refractivity contribution in [3.05, 3.63) is 35.6 Å². The van der Waals surface area contributed by atoms with E-state index >= 15 is 0 Å². The average Bonchev–Trinajstić information content (AvgIpc) is 2.82. The van der Waals surface area contributed by atoms with Gasteiger partial charge in [0, 0.05) is 17.4 Å². The van der Waals surface area contributed by atoms with Crippen molar-refractivity contribution in [3.8, 4) is 11.4 Å². The van der Waals surface area contributed by atoms with Crippen molar-refractivity contribution in [3.63, 3.8) is 0 Å². The van der Waals surface area contributed by atoms with Gasteiger partial charge in [0.05, 0.1) is 0 Å². The molecule has 1 unspecified atom stereocenters. The Morgan fingerprint density at radius 3 is 2.79 bits per heavy atom. The molecule has 1 aromatic carbocycles. The highest BCUT2D eigenvalue weighted by Gasteiger charge is 2.19. The molecule has 0 amide bonds. The van der Waals surface area contributed by atoms with Gasteiger partial charge in [-0.25, -0.2) is 0 Å². The van der Waals surface area contributed by atoms with Crippen molar-refractivity contribution < 1.29 is 0 Å². The van der Waals surface area contributed by atoms with Gasteiger partial charge in [-0.05, 0) is 30.2 Å². The van der Waals surface area contributed by atoms with Crippen LogP contribution in [0.15, 0.2) is 30.3 Å². The molecule has 1 atom stereocenters. The van der Waals surface area contributed by atoms with E-state index in [9.17, 15) is 0 Å². The second kappa shape index (κ2) is 5.97. The number of hydrogen-bond donors (Lipinski definition) is 0. The summed E-state index contributed by atoms with van der Waals surface area (Å²) in [5, 5.41) is 9.37. The number of hydrogen-bond acceptors (Lipinski definition) is 3. The van der Waals surface area contributed by atoms with Crippen LogP contribution in [0.1, 0.15) is 19.3 Å². The molecule has 2 aromatic rings. The third-order valence-corrected chi connectivity index (χ3v) is 5.06. The zero-order chi connectivity index (χ0) is 13.1. The minimum atomic E-state index is 0.491. The van der Waals surface area contributed by atoms with Crippen molar-refractivity contribution in [2.75, 3.05) is 5.75 Å². The van der Waals surface area contributed by atoms with E-state index in [1.165, 1.54) is 25.0 Å². The lowest BCUT2D eigenvalue weighted by molar-refractivity contribution is 0.585. The van der Waals surface area contributed by atoms with E-state index in [-0.39, 0.29) is 0 Å². The fourth-order valence-electron chi connectivity index (χ4n) is 2.40. The largest absolute Gasteiger partial charge is 0.297 e. The Kier molecular flexibility index (Phi) is 4.09. The van der Waals surface area contributed by atoms with Gasteiger partial charge in [-0.3, -0.25) is 4.57 Å². The Bertz CT molecular complexity index is 535. The molecule has 5 heteroatoms. The van der Waals surface area contributed by atoms with E-state index in [2.05, 4.69) is 10.2 Å². The SMILES string of the molecule is Clc1nnc(-c2ccccc2)n1CC1CCCCS1. The van der Waals surface area contributed by atoms with Crippen LogP contribution >= 0.6 is 23.4 Å². The third-order valence-electron chi connectivity index (χ3n) is 3.40. The van der Waals surface area contributed by atoms with Crippen LogP contribution in [0.5, 0.6) is 0 Å². The Morgan fingerprint density at radius 1 is 1.21 bits per heavy atom. The fraction of sp³-hybridized carbons (Fsp3) is 0.429. The number of rotatable bonds is 3. The maximum atomic E-state index is 6.19. The minimum absolute atomic E-state index is 0.491. The first-order chi connectivity index (χ1) is 9.34. The van der Waals surface area contributed by atoms with Gasteiger partial charge in [0.25, 0.3) is 0 Å². The molecule has 1 aliphatic heterocycles. The summed E-state index contributed by atoms with van der Waals surface area (Å²) in [4.78, 5) is 0. The molecule has 1 aromatic heterocycles. The molecular formula is C14H16ClN3S. The first kappa shape index (κ1) is 13.0. The topological polar surface area (TPSA) is 30.7 Å². The predicted octanol–water partition coefficient (Wildman–Crippen LogP) is 3.88. The summed E-state index contributed by atoms with van der Waals surface area (Å²) >= 11 is 8.23. The van der Waals surface area contributed by atoms with Crippen molar-refractivity contribution in [1.29, 1.82) is 0 Å². The Hall–Kier alpha value is -1.000. The highest BCUT2D eigenvalue weighted by molar-refractivity contribution is 7.99. The third kappa shape index (κ3) is 2.95. The summed E-state index contributed by atoms with van der Waals surface area (Å²) in [7, 11) is 0. The van der Waals surface area contributed by atoms with Crippen molar-refractivity contribution in [1.82, 2.24) is 14.8 Å². The number of halogens is 1. The summed E-state index contributed by atoms with van der Waals surface area (Å²) in [5.41, 5.74) is 1.07. The molecule has 3 rings (SSSR count). The van der Waals surface area contributed by atoms with Gasteiger partial charge in [-0.1, -0.05) is 36.8 Å². The fourth-order valence-corrected chi connectivity index (χ4v) is 3.88. The molecule has 0 N–H and O–H groups in total. The molecule has 1 fully saturated rings. The van der Waals surface area contributed by atoms with E-state index in [4.69, 9.17) is 11.6 Å².